The van der Waals surface area contributed by atoms with Gasteiger partial charge in [-0.05, 0) is 18.8 Å². The minimum Gasteiger partial charge on any atom is -0.452 e. The largest absolute Gasteiger partial charge is 0.452 e. The molecule has 0 aliphatic heterocycles. The molecule has 0 aromatic rings. The highest BCUT2D eigenvalue weighted by molar-refractivity contribution is 7.88. The number of carbonyl (C=O) groups is 1. The number of carbonyl (C=O) groups excluding carboxylic acids is 1. The van der Waals surface area contributed by atoms with E-state index in [9.17, 15) is 13.2 Å². The molecule has 0 aromatic carbocycles. The van der Waals surface area contributed by atoms with Crippen LogP contribution in [0.5, 0.6) is 0 Å². The summed E-state index contributed by atoms with van der Waals surface area (Å²) in [6.07, 6.45) is 2.96. The first-order valence-electron chi connectivity index (χ1n) is 5.55. The molecule has 0 aromatic heterocycles. The Kier molecular flexibility index (Phi) is 5.16. The van der Waals surface area contributed by atoms with Crippen molar-refractivity contribution in [3.63, 3.8) is 0 Å². The van der Waals surface area contributed by atoms with Gasteiger partial charge in [-0.2, -0.15) is 13.1 Å². The van der Waals surface area contributed by atoms with Crippen LogP contribution in [0.15, 0.2) is 0 Å². The van der Waals surface area contributed by atoms with Crippen LogP contribution in [0.2, 0.25) is 0 Å². The third-order valence-electron chi connectivity index (χ3n) is 2.91. The molecule has 0 heterocycles. The molecular formula is C9H19N3O4S. The van der Waals surface area contributed by atoms with Crippen molar-refractivity contribution in [2.75, 3.05) is 13.7 Å². The summed E-state index contributed by atoms with van der Waals surface area (Å²) >= 11 is 0. The van der Waals surface area contributed by atoms with Crippen LogP contribution in [0.1, 0.15) is 25.7 Å². The Labute approximate surface area is 101 Å². The summed E-state index contributed by atoms with van der Waals surface area (Å²) in [6.45, 7) is 0.244. The van der Waals surface area contributed by atoms with Crippen LogP contribution in [0.3, 0.4) is 0 Å². The summed E-state index contributed by atoms with van der Waals surface area (Å²) in [7, 11) is -2.75. The molecule has 1 saturated carbocycles. The summed E-state index contributed by atoms with van der Waals surface area (Å²) in [6, 6.07) is 0.0181. The molecule has 1 rings (SSSR count). The minimum atomic E-state index is -3.85. The molecule has 0 radical (unpaired) electrons. The van der Waals surface area contributed by atoms with E-state index in [2.05, 4.69) is 9.46 Å². The zero-order valence-corrected chi connectivity index (χ0v) is 10.6. The van der Waals surface area contributed by atoms with Gasteiger partial charge in [-0.15, -0.1) is 0 Å². The van der Waals surface area contributed by atoms with Crippen LogP contribution in [0.25, 0.3) is 0 Å². The predicted molar refractivity (Wildman–Crippen MR) is 62.4 cm³/mol. The van der Waals surface area contributed by atoms with Crippen LogP contribution in [-0.4, -0.2) is 34.2 Å². The number of hydrogen-bond donors (Lipinski definition) is 3. The van der Waals surface area contributed by atoms with Gasteiger partial charge < -0.3 is 10.5 Å². The fourth-order valence-corrected chi connectivity index (χ4v) is 2.70. The average Bonchev–Trinajstić information content (AvgIpc) is 2.27. The highest BCUT2D eigenvalue weighted by Crippen LogP contribution is 2.22. The Balaban J connectivity index is 2.40. The van der Waals surface area contributed by atoms with Gasteiger partial charge in [0.25, 0.3) is 0 Å². The fourth-order valence-electron chi connectivity index (χ4n) is 1.89. The Hall–Kier alpha value is -0.860. The lowest BCUT2D eigenvalue weighted by molar-refractivity contribution is 0.177. The van der Waals surface area contributed by atoms with E-state index in [1.54, 1.807) is 4.72 Å². The zero-order valence-electron chi connectivity index (χ0n) is 9.81. The molecule has 100 valence electrons. The second-order valence-corrected chi connectivity index (χ2v) is 5.65. The quantitative estimate of drug-likeness (QED) is 0.646. The van der Waals surface area contributed by atoms with E-state index in [0.29, 0.717) is 0 Å². The van der Waals surface area contributed by atoms with Crippen molar-refractivity contribution < 1.29 is 17.9 Å². The van der Waals surface area contributed by atoms with E-state index >= 15 is 0 Å². The maximum absolute atomic E-state index is 11.4. The van der Waals surface area contributed by atoms with Gasteiger partial charge in [0.15, 0.2) is 0 Å². The van der Waals surface area contributed by atoms with Crippen LogP contribution < -0.4 is 15.2 Å². The average molecular weight is 265 g/mol. The fraction of sp³-hybridized carbons (Fsp3) is 0.889. The molecule has 1 aliphatic rings. The van der Waals surface area contributed by atoms with E-state index in [1.807, 2.05) is 0 Å². The maximum atomic E-state index is 11.4. The zero-order chi connectivity index (χ0) is 12.9. The van der Waals surface area contributed by atoms with Gasteiger partial charge in [0.05, 0.1) is 7.11 Å². The second kappa shape index (κ2) is 6.18. The smallest absolute Gasteiger partial charge is 0.421 e. The van der Waals surface area contributed by atoms with Gasteiger partial charge in [0.2, 0.25) is 0 Å². The monoisotopic (exact) mass is 265 g/mol. The van der Waals surface area contributed by atoms with E-state index in [0.717, 1.165) is 32.8 Å². The Morgan fingerprint density at radius 1 is 1.41 bits per heavy atom. The summed E-state index contributed by atoms with van der Waals surface area (Å²) in [5.74, 6) is 0.123. The van der Waals surface area contributed by atoms with Crippen molar-refractivity contribution in [3.05, 3.63) is 0 Å². The number of amides is 1. The minimum absolute atomic E-state index is 0.0181. The molecule has 1 fully saturated rings. The molecule has 0 saturated heterocycles. The van der Waals surface area contributed by atoms with Crippen LogP contribution in [0.4, 0.5) is 4.79 Å². The first kappa shape index (κ1) is 14.2. The third kappa shape index (κ3) is 4.88. The van der Waals surface area contributed by atoms with Gasteiger partial charge in [0, 0.05) is 12.6 Å². The first-order valence-corrected chi connectivity index (χ1v) is 7.04. The molecule has 4 N–H and O–H groups in total. The number of nitrogens with one attached hydrogen (secondary N) is 2. The summed E-state index contributed by atoms with van der Waals surface area (Å²) in [5.41, 5.74) is 5.89. The van der Waals surface area contributed by atoms with E-state index < -0.39 is 16.3 Å². The van der Waals surface area contributed by atoms with Crippen molar-refractivity contribution in [3.8, 4) is 0 Å². The van der Waals surface area contributed by atoms with Crippen molar-refractivity contribution in [2.24, 2.45) is 11.7 Å². The predicted octanol–water partition coefficient (Wildman–Crippen LogP) is -0.306. The molecule has 1 aliphatic carbocycles. The third-order valence-corrected chi connectivity index (χ3v) is 3.89. The molecular weight excluding hydrogens is 246 g/mol. The van der Waals surface area contributed by atoms with E-state index in [-0.39, 0.29) is 18.5 Å². The molecule has 2 atom stereocenters. The van der Waals surface area contributed by atoms with Gasteiger partial charge in [-0.25, -0.2) is 9.52 Å². The maximum Gasteiger partial charge on any atom is 0.421 e. The lowest BCUT2D eigenvalue weighted by Gasteiger charge is -2.28. The van der Waals surface area contributed by atoms with Gasteiger partial charge in [-0.1, -0.05) is 12.8 Å². The van der Waals surface area contributed by atoms with Gasteiger partial charge >= 0.3 is 16.3 Å². The highest BCUT2D eigenvalue weighted by atomic mass is 32.2. The standard InChI is InChI=1S/C9H19N3O4S/c1-16-9(13)12-17(14,15)11-6-7-4-2-3-5-8(7)10/h7-8,11H,2-6,10H2,1H3,(H,12,13). The molecule has 7 nitrogen and oxygen atoms in total. The van der Waals surface area contributed by atoms with E-state index in [1.165, 1.54) is 0 Å². The SMILES string of the molecule is COC(=O)NS(=O)(=O)NCC1CCCCC1N. The number of nitrogens with two attached hydrogens (primary N) is 1. The number of ether oxygens (including phenoxy) is 1. The molecule has 0 bridgehead atoms. The van der Waals surface area contributed by atoms with Gasteiger partial charge in [-0.3, -0.25) is 0 Å². The van der Waals surface area contributed by atoms with Crippen LogP contribution in [0, 0.1) is 5.92 Å². The highest BCUT2D eigenvalue weighted by Gasteiger charge is 2.24. The second-order valence-electron chi connectivity index (χ2n) is 4.15. The van der Waals surface area contributed by atoms with Crippen molar-refractivity contribution in [1.82, 2.24) is 9.44 Å². The van der Waals surface area contributed by atoms with Crippen molar-refractivity contribution in [2.45, 2.75) is 31.7 Å². The summed E-state index contributed by atoms with van der Waals surface area (Å²) in [4.78, 5) is 10.8. The lowest BCUT2D eigenvalue weighted by atomic mass is 9.85. The van der Waals surface area contributed by atoms with Crippen molar-refractivity contribution in [1.29, 1.82) is 0 Å². The van der Waals surface area contributed by atoms with Crippen molar-refractivity contribution >= 4 is 16.3 Å². The molecule has 1 amide bonds. The Morgan fingerprint density at radius 3 is 2.65 bits per heavy atom. The molecule has 8 heteroatoms. The first-order chi connectivity index (χ1) is 7.94. The normalized spacial score (nSPS) is 25.3. The van der Waals surface area contributed by atoms with Crippen LogP contribution in [-0.2, 0) is 14.9 Å². The Bertz CT molecular complexity index is 357. The van der Waals surface area contributed by atoms with E-state index in [4.69, 9.17) is 5.73 Å². The lowest BCUT2D eigenvalue weighted by Crippen LogP contribution is -2.46. The Morgan fingerprint density at radius 2 is 2.06 bits per heavy atom. The summed E-state index contributed by atoms with van der Waals surface area (Å²) < 4.78 is 31.0. The van der Waals surface area contributed by atoms with Gasteiger partial charge in [0.1, 0.15) is 0 Å². The molecule has 17 heavy (non-hydrogen) atoms. The van der Waals surface area contributed by atoms with Crippen LogP contribution >= 0.6 is 0 Å². The number of methoxy groups -OCH3 is 1. The molecule has 0 spiro atoms. The summed E-state index contributed by atoms with van der Waals surface area (Å²) in [5, 5.41) is 0. The number of rotatable bonds is 4. The topological polar surface area (TPSA) is 111 Å². The molecule has 2 unspecified atom stereocenters. The number of hydrogen-bond acceptors (Lipinski definition) is 5.